The van der Waals surface area contributed by atoms with E-state index in [0.717, 1.165) is 27.2 Å². The highest BCUT2D eigenvalue weighted by molar-refractivity contribution is 7.18. The Morgan fingerprint density at radius 2 is 1.89 bits per heavy atom. The molecule has 0 saturated heterocycles. The van der Waals surface area contributed by atoms with Gasteiger partial charge in [0.25, 0.3) is 0 Å². The molecule has 0 amide bonds. The molecule has 0 fully saturated rings. The highest BCUT2D eigenvalue weighted by atomic mass is 32.1. The highest BCUT2D eigenvalue weighted by Crippen LogP contribution is 2.31. The van der Waals surface area contributed by atoms with Crippen molar-refractivity contribution >= 4 is 27.4 Å². The molecular weight excluding hydrogens is 377 g/mol. The molecule has 4 aromatic rings. The van der Waals surface area contributed by atoms with Crippen LogP contribution in [0.2, 0.25) is 0 Å². The molecule has 0 atom stereocenters. The summed E-state index contributed by atoms with van der Waals surface area (Å²) in [5, 5.41) is 8.05. The third-order valence-electron chi connectivity index (χ3n) is 3.95. The minimum absolute atomic E-state index is 0.342. The number of aromatic nitrogens is 3. The van der Waals surface area contributed by atoms with Crippen LogP contribution in [0.1, 0.15) is 16.2 Å². The van der Waals surface area contributed by atoms with E-state index in [0.29, 0.717) is 29.4 Å². The Bertz CT molecular complexity index is 1090. The Hall–Kier alpha value is -2.94. The third kappa shape index (κ3) is 3.63. The maximum Gasteiger partial charge on any atom is 0.416 e. The Morgan fingerprint density at radius 3 is 2.63 bits per heavy atom. The summed E-state index contributed by atoms with van der Waals surface area (Å²) >= 11 is 1.59. The van der Waals surface area contributed by atoms with Crippen molar-refractivity contribution in [2.24, 2.45) is 0 Å². The molecule has 0 aliphatic heterocycles. The molecule has 0 spiro atoms. The molecule has 0 bridgehead atoms. The molecule has 3 heterocycles. The molecule has 4 rings (SSSR count). The lowest BCUT2D eigenvalue weighted by Gasteiger charge is -2.06. The average Bonchev–Trinajstić information content (AvgIpc) is 3.25. The summed E-state index contributed by atoms with van der Waals surface area (Å²) in [6.07, 6.45) is -2.87. The number of thiophene rings is 1. The van der Waals surface area contributed by atoms with Crippen molar-refractivity contribution in [3.05, 3.63) is 58.9 Å². The van der Waals surface area contributed by atoms with E-state index in [1.165, 1.54) is 18.5 Å². The van der Waals surface area contributed by atoms with Gasteiger partial charge in [-0.05, 0) is 25.1 Å². The molecule has 0 aliphatic rings. The van der Waals surface area contributed by atoms with Crippen LogP contribution in [0.15, 0.2) is 47.2 Å². The first-order valence-corrected chi connectivity index (χ1v) is 8.80. The van der Waals surface area contributed by atoms with Gasteiger partial charge >= 0.3 is 6.18 Å². The first-order valence-electron chi connectivity index (χ1n) is 7.98. The zero-order chi connectivity index (χ0) is 19.0. The van der Waals surface area contributed by atoms with E-state index in [4.69, 9.17) is 4.52 Å². The van der Waals surface area contributed by atoms with Gasteiger partial charge in [-0.15, -0.1) is 11.3 Å². The molecule has 5 nitrogen and oxygen atoms in total. The second-order valence-corrected chi connectivity index (χ2v) is 7.14. The molecule has 0 saturated carbocycles. The van der Waals surface area contributed by atoms with Crippen LogP contribution in [0, 0.1) is 6.92 Å². The topological polar surface area (TPSA) is 63.8 Å². The zero-order valence-corrected chi connectivity index (χ0v) is 14.9. The number of hydrogen-bond acceptors (Lipinski definition) is 6. The monoisotopic (exact) mass is 390 g/mol. The normalized spacial score (nSPS) is 11.9. The van der Waals surface area contributed by atoms with Gasteiger partial charge in [0.05, 0.1) is 17.5 Å². The van der Waals surface area contributed by atoms with Gasteiger partial charge < -0.3 is 9.84 Å². The third-order valence-corrected chi connectivity index (χ3v) is 4.91. The number of aryl methyl sites for hydroxylation is 1. The smallest absolute Gasteiger partial charge is 0.362 e. The van der Waals surface area contributed by atoms with Crippen LogP contribution in [-0.4, -0.2) is 15.1 Å². The lowest BCUT2D eigenvalue weighted by Crippen LogP contribution is -2.03. The SMILES string of the molecule is Cc1cc2c(NCc3cc(-c4ccc(C(F)(F)F)cc4)no3)ncnc2s1. The summed E-state index contributed by atoms with van der Waals surface area (Å²) in [5.74, 6) is 1.24. The van der Waals surface area contributed by atoms with Crippen LogP contribution in [0.4, 0.5) is 19.0 Å². The van der Waals surface area contributed by atoms with Crippen molar-refractivity contribution in [2.45, 2.75) is 19.6 Å². The molecular formula is C18H13F3N4OS. The fraction of sp³-hybridized carbons (Fsp3) is 0.167. The number of fused-ring (bicyclic) bond motifs is 1. The van der Waals surface area contributed by atoms with Crippen LogP contribution >= 0.6 is 11.3 Å². The summed E-state index contributed by atoms with van der Waals surface area (Å²) in [7, 11) is 0. The first-order chi connectivity index (χ1) is 12.9. The fourth-order valence-corrected chi connectivity index (χ4v) is 3.50. The fourth-order valence-electron chi connectivity index (χ4n) is 2.65. The largest absolute Gasteiger partial charge is 0.416 e. The molecule has 3 aromatic heterocycles. The van der Waals surface area contributed by atoms with E-state index in [1.807, 2.05) is 13.0 Å². The van der Waals surface area contributed by atoms with Gasteiger partial charge in [-0.1, -0.05) is 17.3 Å². The number of nitrogens with one attached hydrogen (secondary N) is 1. The Labute approximate surface area is 155 Å². The molecule has 27 heavy (non-hydrogen) atoms. The number of hydrogen-bond donors (Lipinski definition) is 1. The van der Waals surface area contributed by atoms with Crippen molar-refractivity contribution in [1.82, 2.24) is 15.1 Å². The van der Waals surface area contributed by atoms with Crippen LogP contribution in [0.5, 0.6) is 0 Å². The van der Waals surface area contributed by atoms with Gasteiger partial charge in [-0.25, -0.2) is 9.97 Å². The summed E-state index contributed by atoms with van der Waals surface area (Å²) in [6, 6.07) is 8.50. The average molecular weight is 390 g/mol. The zero-order valence-electron chi connectivity index (χ0n) is 14.0. The second kappa shape index (κ2) is 6.66. The number of anilines is 1. The van der Waals surface area contributed by atoms with E-state index in [2.05, 4.69) is 20.4 Å². The molecule has 0 unspecified atom stereocenters. The summed E-state index contributed by atoms with van der Waals surface area (Å²) < 4.78 is 43.2. The minimum atomic E-state index is -4.36. The molecule has 0 radical (unpaired) electrons. The van der Waals surface area contributed by atoms with Crippen molar-refractivity contribution in [1.29, 1.82) is 0 Å². The lowest BCUT2D eigenvalue weighted by atomic mass is 10.1. The minimum Gasteiger partial charge on any atom is -0.362 e. The number of rotatable bonds is 4. The molecule has 1 N–H and O–H groups in total. The van der Waals surface area contributed by atoms with Crippen molar-refractivity contribution in [2.75, 3.05) is 5.32 Å². The van der Waals surface area contributed by atoms with Gasteiger partial charge in [0.15, 0.2) is 5.76 Å². The Kier molecular flexibility index (Phi) is 4.31. The number of nitrogens with zero attached hydrogens (tertiary/aromatic N) is 3. The van der Waals surface area contributed by atoms with Gasteiger partial charge in [0, 0.05) is 16.5 Å². The van der Waals surface area contributed by atoms with Crippen LogP contribution < -0.4 is 5.32 Å². The van der Waals surface area contributed by atoms with Crippen molar-refractivity contribution < 1.29 is 17.7 Å². The van der Waals surface area contributed by atoms with Crippen LogP contribution in [-0.2, 0) is 12.7 Å². The van der Waals surface area contributed by atoms with Gasteiger partial charge in [0.1, 0.15) is 22.7 Å². The van der Waals surface area contributed by atoms with Gasteiger partial charge in [-0.2, -0.15) is 13.2 Å². The lowest BCUT2D eigenvalue weighted by molar-refractivity contribution is -0.137. The van der Waals surface area contributed by atoms with Crippen molar-refractivity contribution in [3.8, 4) is 11.3 Å². The number of alkyl halides is 3. The first kappa shape index (κ1) is 17.5. The van der Waals surface area contributed by atoms with E-state index in [-0.39, 0.29) is 0 Å². The van der Waals surface area contributed by atoms with Crippen LogP contribution in [0.3, 0.4) is 0 Å². The van der Waals surface area contributed by atoms with E-state index in [9.17, 15) is 13.2 Å². The summed E-state index contributed by atoms with van der Waals surface area (Å²) in [5.41, 5.74) is 0.325. The molecule has 138 valence electrons. The maximum absolute atomic E-state index is 12.6. The molecule has 0 aliphatic carbocycles. The van der Waals surface area contributed by atoms with E-state index in [1.54, 1.807) is 17.4 Å². The number of benzene rings is 1. The predicted molar refractivity (Wildman–Crippen MR) is 96.4 cm³/mol. The van der Waals surface area contributed by atoms with Crippen LogP contribution in [0.25, 0.3) is 21.5 Å². The van der Waals surface area contributed by atoms with E-state index < -0.39 is 11.7 Å². The van der Waals surface area contributed by atoms with Crippen molar-refractivity contribution in [3.63, 3.8) is 0 Å². The second-order valence-electron chi connectivity index (χ2n) is 5.91. The van der Waals surface area contributed by atoms with E-state index >= 15 is 0 Å². The standard InChI is InChI=1S/C18H13F3N4OS/c1-10-6-14-16(23-9-24-17(14)27-10)22-8-13-7-15(25-26-13)11-2-4-12(5-3-11)18(19,20)21/h2-7,9H,8H2,1H3,(H,22,23,24). The Morgan fingerprint density at radius 1 is 1.11 bits per heavy atom. The highest BCUT2D eigenvalue weighted by Gasteiger charge is 2.30. The summed E-state index contributed by atoms with van der Waals surface area (Å²) in [4.78, 5) is 10.5. The summed E-state index contributed by atoms with van der Waals surface area (Å²) in [6.45, 7) is 2.34. The number of halogens is 3. The molecule has 9 heteroatoms. The van der Waals surface area contributed by atoms with Gasteiger partial charge in [-0.3, -0.25) is 0 Å². The maximum atomic E-state index is 12.6. The quantitative estimate of drug-likeness (QED) is 0.513. The Balaban J connectivity index is 1.49. The predicted octanol–water partition coefficient (Wildman–Crippen LogP) is 5.29. The van der Waals surface area contributed by atoms with Gasteiger partial charge in [0.2, 0.25) is 0 Å². The molecule has 1 aromatic carbocycles.